The van der Waals surface area contributed by atoms with Crippen molar-refractivity contribution in [3.8, 4) is 11.5 Å². The third-order valence-electron chi connectivity index (χ3n) is 2.93. The second-order valence-electron chi connectivity index (χ2n) is 4.49. The van der Waals surface area contributed by atoms with Gasteiger partial charge < -0.3 is 13.9 Å². The van der Waals surface area contributed by atoms with Crippen LogP contribution in [0.5, 0.6) is 11.5 Å². The number of nitrogens with zero attached hydrogens (tertiary/aromatic N) is 1. The minimum Gasteiger partial charge on any atom is -0.486 e. The van der Waals surface area contributed by atoms with E-state index in [-0.39, 0.29) is 11.4 Å². The Labute approximate surface area is 121 Å². The summed E-state index contributed by atoms with van der Waals surface area (Å²) in [5.41, 5.74) is 0.522. The number of hydrogen-bond acceptors (Lipinski definition) is 6. The first kappa shape index (κ1) is 13.9. The predicted octanol–water partition coefficient (Wildman–Crippen LogP) is 1.23. The van der Waals surface area contributed by atoms with E-state index >= 15 is 0 Å². The van der Waals surface area contributed by atoms with Crippen LogP contribution in [0.1, 0.15) is 11.6 Å². The van der Waals surface area contributed by atoms with Gasteiger partial charge in [-0.3, -0.25) is 0 Å². The van der Waals surface area contributed by atoms with E-state index in [1.165, 1.54) is 18.4 Å². The molecule has 0 fully saturated rings. The van der Waals surface area contributed by atoms with Gasteiger partial charge in [-0.2, -0.15) is 0 Å². The second-order valence-corrected chi connectivity index (χ2v) is 6.25. The molecule has 112 valence electrons. The number of fused-ring (bicyclic) bond motifs is 1. The molecule has 1 aliphatic rings. The Kier molecular flexibility index (Phi) is 3.56. The summed E-state index contributed by atoms with van der Waals surface area (Å²) in [7, 11) is -3.65. The SMILES string of the molecule is Cc1nc(CNS(=O)(=O)c2ccc3c(c2)OCCO3)co1. The molecular weight excluding hydrogens is 296 g/mol. The van der Waals surface area contributed by atoms with E-state index in [4.69, 9.17) is 13.9 Å². The van der Waals surface area contributed by atoms with Crippen molar-refractivity contribution in [2.45, 2.75) is 18.4 Å². The minimum atomic E-state index is -3.65. The molecule has 0 unspecified atom stereocenters. The van der Waals surface area contributed by atoms with Crippen molar-refractivity contribution in [1.29, 1.82) is 0 Å². The summed E-state index contributed by atoms with van der Waals surface area (Å²) in [6.07, 6.45) is 1.42. The molecule has 0 aliphatic carbocycles. The normalized spacial score (nSPS) is 14.1. The molecule has 1 aliphatic heterocycles. The molecule has 3 rings (SSSR count). The van der Waals surface area contributed by atoms with E-state index < -0.39 is 10.0 Å². The van der Waals surface area contributed by atoms with Crippen molar-refractivity contribution < 1.29 is 22.3 Å². The highest BCUT2D eigenvalue weighted by Crippen LogP contribution is 2.32. The maximum Gasteiger partial charge on any atom is 0.241 e. The average molecular weight is 310 g/mol. The van der Waals surface area contributed by atoms with Crippen LogP contribution in [-0.2, 0) is 16.6 Å². The highest BCUT2D eigenvalue weighted by Gasteiger charge is 2.19. The molecule has 0 amide bonds. The lowest BCUT2D eigenvalue weighted by Crippen LogP contribution is -2.24. The van der Waals surface area contributed by atoms with E-state index in [1.807, 2.05) is 0 Å². The molecule has 0 saturated carbocycles. The van der Waals surface area contributed by atoms with Gasteiger partial charge in [0.05, 0.1) is 17.1 Å². The number of nitrogens with one attached hydrogen (secondary N) is 1. The van der Waals surface area contributed by atoms with Crippen LogP contribution in [0, 0.1) is 6.92 Å². The molecule has 7 nitrogen and oxygen atoms in total. The molecular formula is C13H14N2O5S. The third kappa shape index (κ3) is 3.01. The van der Waals surface area contributed by atoms with Crippen LogP contribution in [0.4, 0.5) is 0 Å². The fourth-order valence-corrected chi connectivity index (χ4v) is 2.95. The van der Waals surface area contributed by atoms with Gasteiger partial charge in [-0.05, 0) is 12.1 Å². The number of benzene rings is 1. The van der Waals surface area contributed by atoms with Gasteiger partial charge in [0, 0.05) is 13.0 Å². The smallest absolute Gasteiger partial charge is 0.241 e. The first-order chi connectivity index (χ1) is 10.0. The zero-order chi connectivity index (χ0) is 14.9. The molecule has 21 heavy (non-hydrogen) atoms. The first-order valence-corrected chi connectivity index (χ1v) is 7.83. The Morgan fingerprint density at radius 3 is 2.71 bits per heavy atom. The number of aryl methyl sites for hydroxylation is 1. The summed E-state index contributed by atoms with van der Waals surface area (Å²) in [6, 6.07) is 4.51. The monoisotopic (exact) mass is 310 g/mol. The Bertz CT molecular complexity index is 754. The number of ether oxygens (including phenoxy) is 2. The predicted molar refractivity (Wildman–Crippen MR) is 72.7 cm³/mol. The van der Waals surface area contributed by atoms with E-state index in [0.29, 0.717) is 36.3 Å². The standard InChI is InChI=1S/C13H14N2O5S/c1-9-15-10(8-20-9)7-14-21(16,17)11-2-3-12-13(6-11)19-5-4-18-12/h2-3,6,8,14H,4-5,7H2,1H3. The van der Waals surface area contributed by atoms with Crippen LogP contribution < -0.4 is 14.2 Å². The fraction of sp³-hybridized carbons (Fsp3) is 0.308. The topological polar surface area (TPSA) is 90.7 Å². The van der Waals surface area contributed by atoms with E-state index in [2.05, 4.69) is 9.71 Å². The lowest BCUT2D eigenvalue weighted by Gasteiger charge is -2.18. The second kappa shape index (κ2) is 5.38. The van der Waals surface area contributed by atoms with Gasteiger partial charge in [-0.25, -0.2) is 18.1 Å². The van der Waals surface area contributed by atoms with Crippen molar-refractivity contribution in [3.63, 3.8) is 0 Å². The highest BCUT2D eigenvalue weighted by molar-refractivity contribution is 7.89. The van der Waals surface area contributed by atoms with E-state index in [9.17, 15) is 8.42 Å². The fourth-order valence-electron chi connectivity index (χ4n) is 1.93. The lowest BCUT2D eigenvalue weighted by molar-refractivity contribution is 0.171. The molecule has 0 saturated heterocycles. The van der Waals surface area contributed by atoms with Gasteiger partial charge in [-0.1, -0.05) is 0 Å². The molecule has 8 heteroatoms. The summed E-state index contributed by atoms with van der Waals surface area (Å²) in [4.78, 5) is 4.16. The molecule has 0 radical (unpaired) electrons. The molecule has 0 spiro atoms. The van der Waals surface area contributed by atoms with Crippen LogP contribution in [-0.4, -0.2) is 26.6 Å². The van der Waals surface area contributed by atoms with Crippen molar-refractivity contribution in [2.75, 3.05) is 13.2 Å². The number of hydrogen-bond donors (Lipinski definition) is 1. The molecule has 0 atom stereocenters. The van der Waals surface area contributed by atoms with Crippen LogP contribution in [0.25, 0.3) is 0 Å². The van der Waals surface area contributed by atoms with Crippen LogP contribution >= 0.6 is 0 Å². The van der Waals surface area contributed by atoms with Crippen LogP contribution in [0.15, 0.2) is 33.8 Å². The minimum absolute atomic E-state index is 0.0636. The number of aromatic nitrogens is 1. The molecule has 0 bridgehead atoms. The summed E-state index contributed by atoms with van der Waals surface area (Å²) >= 11 is 0. The Hall–Kier alpha value is -2.06. The number of oxazole rings is 1. The summed E-state index contributed by atoms with van der Waals surface area (Å²) in [5.74, 6) is 1.47. The molecule has 1 N–H and O–H groups in total. The van der Waals surface area contributed by atoms with Crippen molar-refractivity contribution in [1.82, 2.24) is 9.71 Å². The summed E-state index contributed by atoms with van der Waals surface area (Å²) in [6.45, 7) is 2.62. The van der Waals surface area contributed by atoms with Crippen LogP contribution in [0.2, 0.25) is 0 Å². The van der Waals surface area contributed by atoms with Crippen molar-refractivity contribution in [3.05, 3.63) is 36.0 Å². The maximum atomic E-state index is 12.2. The summed E-state index contributed by atoms with van der Waals surface area (Å²) in [5, 5.41) is 0. The Morgan fingerprint density at radius 1 is 1.24 bits per heavy atom. The van der Waals surface area contributed by atoms with Crippen LogP contribution in [0.3, 0.4) is 0 Å². The lowest BCUT2D eigenvalue weighted by atomic mass is 10.3. The number of sulfonamides is 1. The Morgan fingerprint density at radius 2 is 2.00 bits per heavy atom. The zero-order valence-corrected chi connectivity index (χ0v) is 12.1. The van der Waals surface area contributed by atoms with Gasteiger partial charge in [0.15, 0.2) is 17.4 Å². The van der Waals surface area contributed by atoms with Crippen molar-refractivity contribution >= 4 is 10.0 Å². The Balaban J connectivity index is 1.78. The van der Waals surface area contributed by atoms with Gasteiger partial charge in [0.1, 0.15) is 19.5 Å². The van der Waals surface area contributed by atoms with Gasteiger partial charge >= 0.3 is 0 Å². The largest absolute Gasteiger partial charge is 0.486 e. The number of rotatable bonds is 4. The van der Waals surface area contributed by atoms with E-state index in [0.717, 1.165) is 0 Å². The van der Waals surface area contributed by atoms with Gasteiger partial charge in [0.25, 0.3) is 0 Å². The molecule has 1 aromatic heterocycles. The zero-order valence-electron chi connectivity index (χ0n) is 11.3. The van der Waals surface area contributed by atoms with Gasteiger partial charge in [-0.15, -0.1) is 0 Å². The quantitative estimate of drug-likeness (QED) is 0.913. The summed E-state index contributed by atoms with van der Waals surface area (Å²) < 4.78 is 42.7. The van der Waals surface area contributed by atoms with Gasteiger partial charge in [0.2, 0.25) is 10.0 Å². The molecule has 2 heterocycles. The first-order valence-electron chi connectivity index (χ1n) is 6.35. The van der Waals surface area contributed by atoms with Crippen molar-refractivity contribution in [2.24, 2.45) is 0 Å². The van der Waals surface area contributed by atoms with E-state index in [1.54, 1.807) is 13.0 Å². The average Bonchev–Trinajstić information content (AvgIpc) is 2.90. The highest BCUT2D eigenvalue weighted by atomic mass is 32.2. The molecule has 2 aromatic rings. The maximum absolute atomic E-state index is 12.2. The third-order valence-corrected chi connectivity index (χ3v) is 4.33. The molecule has 1 aromatic carbocycles.